The van der Waals surface area contributed by atoms with Gasteiger partial charge in [0.25, 0.3) is 5.91 Å². The molecular weight excluding hydrogens is 309 g/mol. The zero-order chi connectivity index (χ0) is 16.7. The van der Waals surface area contributed by atoms with Gasteiger partial charge in [-0.05, 0) is 41.5 Å². The van der Waals surface area contributed by atoms with E-state index in [0.29, 0.717) is 23.3 Å². The number of rotatable bonds is 3. The number of anilines is 1. The highest BCUT2D eigenvalue weighted by atomic mass is 19.1. The third-order valence-corrected chi connectivity index (χ3v) is 4.16. The van der Waals surface area contributed by atoms with E-state index in [1.165, 1.54) is 12.1 Å². The standard InChI is InChI=1S/C18H14FN3O2/c19-12-2-4-14-11(9-20-16(14)6-12)5-17(23)22-13-3-1-10-8-21-18(24)15(10)7-13/h1-4,6-7,9,20H,5,8H2,(H,21,24)(H,22,23). The molecule has 6 heteroatoms. The summed E-state index contributed by atoms with van der Waals surface area (Å²) in [7, 11) is 0. The molecule has 0 unspecified atom stereocenters. The van der Waals surface area contributed by atoms with Gasteiger partial charge in [0, 0.05) is 34.9 Å². The number of hydrogen-bond donors (Lipinski definition) is 3. The summed E-state index contributed by atoms with van der Waals surface area (Å²) in [4.78, 5) is 26.9. The molecule has 3 N–H and O–H groups in total. The van der Waals surface area contributed by atoms with Crippen LogP contribution in [-0.4, -0.2) is 16.8 Å². The van der Waals surface area contributed by atoms with Gasteiger partial charge in [-0.2, -0.15) is 0 Å². The Morgan fingerprint density at radius 3 is 2.96 bits per heavy atom. The van der Waals surface area contributed by atoms with Crippen molar-refractivity contribution < 1.29 is 14.0 Å². The summed E-state index contributed by atoms with van der Waals surface area (Å²) in [6, 6.07) is 9.72. The minimum absolute atomic E-state index is 0.125. The molecule has 1 aromatic heterocycles. The molecule has 0 aliphatic carbocycles. The van der Waals surface area contributed by atoms with Crippen molar-refractivity contribution in [3.63, 3.8) is 0 Å². The molecule has 1 aliphatic heterocycles. The number of nitrogens with one attached hydrogen (secondary N) is 3. The van der Waals surface area contributed by atoms with Gasteiger partial charge in [0.2, 0.25) is 5.91 Å². The Labute approximate surface area is 136 Å². The summed E-state index contributed by atoms with van der Waals surface area (Å²) < 4.78 is 13.2. The molecule has 5 nitrogen and oxygen atoms in total. The first-order valence-electron chi connectivity index (χ1n) is 7.56. The number of aromatic amines is 1. The van der Waals surface area contributed by atoms with Crippen molar-refractivity contribution in [3.8, 4) is 0 Å². The van der Waals surface area contributed by atoms with Crippen LogP contribution in [0.4, 0.5) is 10.1 Å². The largest absolute Gasteiger partial charge is 0.361 e. The number of fused-ring (bicyclic) bond motifs is 2. The van der Waals surface area contributed by atoms with Gasteiger partial charge >= 0.3 is 0 Å². The second kappa shape index (κ2) is 5.49. The van der Waals surface area contributed by atoms with Gasteiger partial charge in [0.05, 0.1) is 6.42 Å². The van der Waals surface area contributed by atoms with Gasteiger partial charge in [0.15, 0.2) is 0 Å². The molecule has 1 aliphatic rings. The summed E-state index contributed by atoms with van der Waals surface area (Å²) in [5.74, 6) is -0.643. The number of hydrogen-bond acceptors (Lipinski definition) is 2. The molecule has 0 saturated carbocycles. The molecule has 0 atom stereocenters. The molecular formula is C18H14FN3O2. The van der Waals surface area contributed by atoms with Crippen molar-refractivity contribution in [2.75, 3.05) is 5.32 Å². The number of halogens is 1. The van der Waals surface area contributed by atoms with Gasteiger partial charge in [-0.15, -0.1) is 0 Å². The summed E-state index contributed by atoms with van der Waals surface area (Å²) in [6.07, 6.45) is 1.87. The fourth-order valence-corrected chi connectivity index (χ4v) is 2.97. The van der Waals surface area contributed by atoms with Gasteiger partial charge in [-0.1, -0.05) is 6.07 Å². The number of H-pyrrole nitrogens is 1. The quantitative estimate of drug-likeness (QED) is 0.693. The minimum atomic E-state index is -0.322. The lowest BCUT2D eigenvalue weighted by molar-refractivity contribution is -0.115. The van der Waals surface area contributed by atoms with E-state index in [9.17, 15) is 14.0 Å². The first-order valence-corrected chi connectivity index (χ1v) is 7.56. The van der Waals surface area contributed by atoms with Gasteiger partial charge in [-0.25, -0.2) is 4.39 Å². The maximum absolute atomic E-state index is 13.2. The molecule has 24 heavy (non-hydrogen) atoms. The number of benzene rings is 2. The fraction of sp³-hybridized carbons (Fsp3) is 0.111. The third kappa shape index (κ3) is 2.52. The van der Waals surface area contributed by atoms with Gasteiger partial charge in [-0.3, -0.25) is 9.59 Å². The molecule has 2 aromatic carbocycles. The fourth-order valence-electron chi connectivity index (χ4n) is 2.97. The predicted octanol–water partition coefficient (Wildman–Crippen LogP) is 2.73. The maximum Gasteiger partial charge on any atom is 0.251 e. The maximum atomic E-state index is 13.2. The van der Waals surface area contributed by atoms with Crippen molar-refractivity contribution >= 4 is 28.4 Å². The third-order valence-electron chi connectivity index (χ3n) is 4.16. The van der Waals surface area contributed by atoms with Gasteiger partial charge < -0.3 is 15.6 Å². The van der Waals surface area contributed by atoms with Crippen LogP contribution in [0.15, 0.2) is 42.6 Å². The molecule has 0 bridgehead atoms. The average Bonchev–Trinajstić information content (AvgIpc) is 3.11. The Morgan fingerprint density at radius 1 is 1.21 bits per heavy atom. The summed E-state index contributed by atoms with van der Waals surface area (Å²) >= 11 is 0. The van der Waals surface area contributed by atoms with Gasteiger partial charge in [0.1, 0.15) is 5.82 Å². The van der Waals surface area contributed by atoms with Crippen LogP contribution in [0.5, 0.6) is 0 Å². The molecule has 4 rings (SSSR count). The molecule has 0 radical (unpaired) electrons. The highest BCUT2D eigenvalue weighted by Gasteiger charge is 2.19. The molecule has 120 valence electrons. The van der Waals surface area contributed by atoms with Crippen LogP contribution >= 0.6 is 0 Å². The lowest BCUT2D eigenvalue weighted by atomic mass is 10.1. The number of carbonyl (C=O) groups is 2. The Kier molecular flexibility index (Phi) is 3.30. The van der Waals surface area contributed by atoms with Crippen molar-refractivity contribution in [1.82, 2.24) is 10.3 Å². The molecule has 0 fully saturated rings. The monoisotopic (exact) mass is 323 g/mol. The first kappa shape index (κ1) is 14.4. The van der Waals surface area contributed by atoms with E-state index in [1.54, 1.807) is 24.4 Å². The summed E-state index contributed by atoms with van der Waals surface area (Å²) in [5.41, 5.74) is 3.56. The van der Waals surface area contributed by atoms with Crippen LogP contribution in [0, 0.1) is 5.82 Å². The van der Waals surface area contributed by atoms with Crippen LogP contribution in [0.2, 0.25) is 0 Å². The highest BCUT2D eigenvalue weighted by molar-refractivity contribution is 6.01. The number of aromatic nitrogens is 1. The van der Waals surface area contributed by atoms with E-state index in [4.69, 9.17) is 0 Å². The van der Waals surface area contributed by atoms with Crippen molar-refractivity contribution in [2.45, 2.75) is 13.0 Å². The Morgan fingerprint density at radius 2 is 2.08 bits per heavy atom. The van der Waals surface area contributed by atoms with Crippen LogP contribution in [0.25, 0.3) is 10.9 Å². The zero-order valence-electron chi connectivity index (χ0n) is 12.7. The predicted molar refractivity (Wildman–Crippen MR) is 88.2 cm³/mol. The summed E-state index contributed by atoms with van der Waals surface area (Å²) in [6.45, 7) is 0.522. The molecule has 0 spiro atoms. The Balaban J connectivity index is 1.52. The van der Waals surface area contributed by atoms with E-state index in [0.717, 1.165) is 16.5 Å². The lowest BCUT2D eigenvalue weighted by Crippen LogP contribution is -2.15. The van der Waals surface area contributed by atoms with Crippen molar-refractivity contribution in [2.24, 2.45) is 0 Å². The number of carbonyl (C=O) groups excluding carboxylic acids is 2. The average molecular weight is 323 g/mol. The summed E-state index contributed by atoms with van der Waals surface area (Å²) in [5, 5.41) is 6.36. The second-order valence-corrected chi connectivity index (χ2v) is 5.78. The molecule has 3 aromatic rings. The molecule has 2 heterocycles. The van der Waals surface area contributed by atoms with Crippen LogP contribution in [0.1, 0.15) is 21.5 Å². The highest BCUT2D eigenvalue weighted by Crippen LogP contribution is 2.22. The van der Waals surface area contributed by atoms with E-state index in [-0.39, 0.29) is 24.1 Å². The Hall–Kier alpha value is -3.15. The minimum Gasteiger partial charge on any atom is -0.361 e. The van der Waals surface area contributed by atoms with E-state index in [2.05, 4.69) is 15.6 Å². The second-order valence-electron chi connectivity index (χ2n) is 5.78. The van der Waals surface area contributed by atoms with Crippen molar-refractivity contribution in [1.29, 1.82) is 0 Å². The zero-order valence-corrected chi connectivity index (χ0v) is 12.7. The van der Waals surface area contributed by atoms with Crippen LogP contribution in [-0.2, 0) is 17.8 Å². The lowest BCUT2D eigenvalue weighted by Gasteiger charge is -2.06. The molecule has 0 saturated heterocycles. The smallest absolute Gasteiger partial charge is 0.251 e. The SMILES string of the molecule is O=C(Cc1c[nH]c2cc(F)ccc12)Nc1ccc2c(c1)C(=O)NC2. The molecule has 2 amide bonds. The Bertz CT molecular complexity index is 978. The van der Waals surface area contributed by atoms with E-state index >= 15 is 0 Å². The van der Waals surface area contributed by atoms with E-state index in [1.807, 2.05) is 6.07 Å². The topological polar surface area (TPSA) is 74.0 Å². The van der Waals surface area contributed by atoms with Crippen molar-refractivity contribution in [3.05, 3.63) is 65.1 Å². The van der Waals surface area contributed by atoms with Crippen LogP contribution in [0.3, 0.4) is 0 Å². The van der Waals surface area contributed by atoms with Crippen LogP contribution < -0.4 is 10.6 Å². The normalized spacial score (nSPS) is 13.0. The first-order chi connectivity index (χ1) is 11.6. The number of amides is 2. The van der Waals surface area contributed by atoms with E-state index < -0.39 is 0 Å².